The molecule has 0 aromatic heterocycles. The number of aromatic hydroxyl groups is 1. The zero-order valence-corrected chi connectivity index (χ0v) is 7.56. The minimum absolute atomic E-state index is 0.399. The fourth-order valence-corrected chi connectivity index (χ4v) is 1.57. The molecule has 0 heterocycles. The fourth-order valence-electron chi connectivity index (χ4n) is 0.889. The smallest absolute Gasteiger partial charge is 0.293 e. The van der Waals surface area contributed by atoms with Gasteiger partial charge in [0.05, 0.1) is 11.0 Å². The summed E-state index contributed by atoms with van der Waals surface area (Å²) < 4.78 is 21.7. The Balaban J connectivity index is 3.53. The van der Waals surface area contributed by atoms with E-state index in [0.29, 0.717) is 0 Å². The van der Waals surface area contributed by atoms with Gasteiger partial charge in [0, 0.05) is 0 Å². The van der Waals surface area contributed by atoms with Crippen LogP contribution in [-0.4, -0.2) is 18.4 Å². The van der Waals surface area contributed by atoms with E-state index in [9.17, 15) is 18.5 Å². The predicted molar refractivity (Wildman–Crippen MR) is 46.1 cm³/mol. The Bertz CT molecular complexity index is 481. The quantitative estimate of drug-likeness (QED) is 0.531. The molecule has 14 heavy (non-hydrogen) atoms. The van der Waals surface area contributed by atoms with Gasteiger partial charge < -0.3 is 5.11 Å². The molecule has 1 aromatic rings. The monoisotopic (exact) mass is 218 g/mol. The number of nitrogens with two attached hydrogens (primary N) is 1. The first-order valence-corrected chi connectivity index (χ1v) is 4.87. The number of benzene rings is 1. The van der Waals surface area contributed by atoms with E-state index in [1.165, 1.54) is 0 Å². The summed E-state index contributed by atoms with van der Waals surface area (Å²) in [5, 5.41) is 24.0. The number of primary sulfonamides is 1. The number of hydrogen-bond donors (Lipinski definition) is 2. The van der Waals surface area contributed by atoms with Gasteiger partial charge in [-0.05, 0) is 12.1 Å². The molecule has 1 rings (SSSR count). The molecule has 0 fully saturated rings. The van der Waals surface area contributed by atoms with E-state index >= 15 is 0 Å². The van der Waals surface area contributed by atoms with Gasteiger partial charge in [0.25, 0.3) is 5.69 Å². The van der Waals surface area contributed by atoms with Gasteiger partial charge in [-0.25, -0.2) is 13.6 Å². The Morgan fingerprint density at radius 3 is 2.43 bits per heavy atom. The number of phenolic OH excluding ortho intramolecular Hbond substituents is 1. The SMILES string of the molecule is NS(=O)(=O)c1ccc(O)cc1[N+](=O)[O-]. The lowest BCUT2D eigenvalue weighted by Crippen LogP contribution is -2.13. The maximum atomic E-state index is 10.9. The zero-order valence-electron chi connectivity index (χ0n) is 6.75. The van der Waals surface area contributed by atoms with Crippen molar-refractivity contribution >= 4 is 15.7 Å². The van der Waals surface area contributed by atoms with Crippen LogP contribution < -0.4 is 5.14 Å². The summed E-state index contributed by atoms with van der Waals surface area (Å²) in [6.07, 6.45) is 0. The molecule has 1 aromatic carbocycles. The maximum absolute atomic E-state index is 10.9. The lowest BCUT2D eigenvalue weighted by molar-refractivity contribution is -0.387. The summed E-state index contributed by atoms with van der Waals surface area (Å²) in [7, 11) is -4.15. The standard InChI is InChI=1S/C6H6N2O5S/c7-14(12,13)6-2-1-4(9)3-5(6)8(10)11/h1-3,9H,(H2,7,12,13). The van der Waals surface area contributed by atoms with Gasteiger partial charge in [-0.1, -0.05) is 0 Å². The third kappa shape index (κ3) is 1.98. The Labute approximate surface area is 79.0 Å². The molecular weight excluding hydrogens is 212 g/mol. The maximum Gasteiger partial charge on any atom is 0.293 e. The predicted octanol–water partition coefficient (Wildman–Crippen LogP) is -0.0522. The number of hydrogen-bond acceptors (Lipinski definition) is 5. The molecule has 0 aliphatic carbocycles. The Kier molecular flexibility index (Phi) is 2.41. The molecular formula is C6H6N2O5S. The summed E-state index contributed by atoms with van der Waals surface area (Å²) in [5.74, 6) is -0.399. The molecule has 0 bridgehead atoms. The molecule has 0 unspecified atom stereocenters. The van der Waals surface area contributed by atoms with E-state index < -0.39 is 31.3 Å². The van der Waals surface area contributed by atoms with Crippen LogP contribution >= 0.6 is 0 Å². The number of nitro groups is 1. The van der Waals surface area contributed by atoms with Crippen molar-refractivity contribution in [2.45, 2.75) is 4.90 Å². The van der Waals surface area contributed by atoms with Crippen LogP contribution in [0.15, 0.2) is 23.1 Å². The Morgan fingerprint density at radius 2 is 2.00 bits per heavy atom. The second-order valence-corrected chi connectivity index (χ2v) is 3.98. The summed E-state index contributed by atoms with van der Waals surface area (Å²) in [5.41, 5.74) is -0.743. The topological polar surface area (TPSA) is 124 Å². The average molecular weight is 218 g/mol. The van der Waals surface area contributed by atoms with Crippen molar-refractivity contribution < 1.29 is 18.4 Å². The van der Waals surface area contributed by atoms with Crippen molar-refractivity contribution in [2.24, 2.45) is 5.14 Å². The van der Waals surface area contributed by atoms with E-state index in [-0.39, 0.29) is 0 Å². The van der Waals surface area contributed by atoms with Crippen LogP contribution in [0.2, 0.25) is 0 Å². The first kappa shape index (κ1) is 10.4. The lowest BCUT2D eigenvalue weighted by atomic mass is 10.3. The summed E-state index contributed by atoms with van der Waals surface area (Å²) in [6.45, 7) is 0. The highest BCUT2D eigenvalue weighted by molar-refractivity contribution is 7.89. The van der Waals surface area contributed by atoms with Crippen molar-refractivity contribution in [3.63, 3.8) is 0 Å². The van der Waals surface area contributed by atoms with E-state index in [2.05, 4.69) is 0 Å². The molecule has 8 heteroatoms. The minimum atomic E-state index is -4.15. The van der Waals surface area contributed by atoms with Crippen LogP contribution in [-0.2, 0) is 10.0 Å². The highest BCUT2D eigenvalue weighted by Gasteiger charge is 2.22. The number of sulfonamides is 1. The fraction of sp³-hybridized carbons (Fsp3) is 0. The minimum Gasteiger partial charge on any atom is -0.508 e. The second-order valence-electron chi connectivity index (χ2n) is 2.45. The zero-order chi connectivity index (χ0) is 10.9. The third-order valence-corrected chi connectivity index (χ3v) is 2.40. The molecule has 7 nitrogen and oxygen atoms in total. The Hall–Kier alpha value is -1.67. The van der Waals surface area contributed by atoms with Crippen LogP contribution in [0.5, 0.6) is 5.75 Å². The summed E-state index contributed by atoms with van der Waals surface area (Å²) in [6, 6.07) is 2.61. The van der Waals surface area contributed by atoms with Crippen LogP contribution in [0.3, 0.4) is 0 Å². The molecule has 76 valence electrons. The van der Waals surface area contributed by atoms with Gasteiger partial charge in [-0.15, -0.1) is 0 Å². The highest BCUT2D eigenvalue weighted by atomic mass is 32.2. The summed E-state index contributed by atoms with van der Waals surface area (Å²) in [4.78, 5) is 8.84. The molecule has 0 amide bonds. The molecule has 0 radical (unpaired) electrons. The van der Waals surface area contributed by atoms with Gasteiger partial charge in [-0.2, -0.15) is 0 Å². The van der Waals surface area contributed by atoms with Crippen molar-refractivity contribution in [3.8, 4) is 5.75 Å². The molecule has 0 aliphatic heterocycles. The first-order valence-electron chi connectivity index (χ1n) is 3.32. The van der Waals surface area contributed by atoms with Crippen LogP contribution in [0.1, 0.15) is 0 Å². The molecule has 0 saturated carbocycles. The van der Waals surface area contributed by atoms with Crippen molar-refractivity contribution in [1.29, 1.82) is 0 Å². The highest BCUT2D eigenvalue weighted by Crippen LogP contribution is 2.26. The summed E-state index contributed by atoms with van der Waals surface area (Å²) >= 11 is 0. The van der Waals surface area contributed by atoms with Crippen molar-refractivity contribution in [1.82, 2.24) is 0 Å². The van der Waals surface area contributed by atoms with Crippen LogP contribution in [0.4, 0.5) is 5.69 Å². The number of nitrogens with zero attached hydrogens (tertiary/aromatic N) is 1. The van der Waals surface area contributed by atoms with Gasteiger partial charge >= 0.3 is 0 Å². The molecule has 0 spiro atoms. The third-order valence-electron chi connectivity index (χ3n) is 1.45. The van der Waals surface area contributed by atoms with Gasteiger partial charge in [0.15, 0.2) is 4.90 Å². The van der Waals surface area contributed by atoms with E-state index in [1.54, 1.807) is 0 Å². The normalized spacial score (nSPS) is 11.2. The average Bonchev–Trinajstić information content (AvgIpc) is 2.01. The molecule has 3 N–H and O–H groups in total. The van der Waals surface area contributed by atoms with Crippen molar-refractivity contribution in [2.75, 3.05) is 0 Å². The van der Waals surface area contributed by atoms with Crippen LogP contribution in [0, 0.1) is 10.1 Å². The second kappa shape index (κ2) is 3.24. The molecule has 0 saturated heterocycles. The first-order chi connectivity index (χ1) is 6.32. The van der Waals surface area contributed by atoms with E-state index in [1.807, 2.05) is 0 Å². The van der Waals surface area contributed by atoms with Crippen molar-refractivity contribution in [3.05, 3.63) is 28.3 Å². The lowest BCUT2D eigenvalue weighted by Gasteiger charge is -1.99. The van der Waals surface area contributed by atoms with E-state index in [0.717, 1.165) is 18.2 Å². The van der Waals surface area contributed by atoms with Crippen LogP contribution in [0.25, 0.3) is 0 Å². The number of phenols is 1. The van der Waals surface area contributed by atoms with Gasteiger partial charge in [-0.3, -0.25) is 10.1 Å². The Morgan fingerprint density at radius 1 is 1.43 bits per heavy atom. The largest absolute Gasteiger partial charge is 0.508 e. The van der Waals surface area contributed by atoms with Gasteiger partial charge in [0.2, 0.25) is 10.0 Å². The molecule has 0 aliphatic rings. The van der Waals surface area contributed by atoms with Gasteiger partial charge in [0.1, 0.15) is 5.75 Å². The number of rotatable bonds is 2. The molecule has 0 atom stereocenters. The number of nitro benzene ring substituents is 1. The van der Waals surface area contributed by atoms with E-state index in [4.69, 9.17) is 10.2 Å².